The lowest BCUT2D eigenvalue weighted by Crippen LogP contribution is -2.41. The van der Waals surface area contributed by atoms with Gasteiger partial charge in [0.25, 0.3) is 0 Å². The minimum absolute atomic E-state index is 0.101. The summed E-state index contributed by atoms with van der Waals surface area (Å²) in [5.41, 5.74) is 0. The molecule has 5 nitrogen and oxygen atoms in total. The van der Waals surface area contributed by atoms with Crippen LogP contribution >= 0.6 is 0 Å². The highest BCUT2D eigenvalue weighted by molar-refractivity contribution is 5.76. The summed E-state index contributed by atoms with van der Waals surface area (Å²) in [6, 6.07) is 0.142. The van der Waals surface area contributed by atoms with Crippen LogP contribution in [0, 0.1) is 0 Å². The van der Waals surface area contributed by atoms with Gasteiger partial charge < -0.3 is 14.7 Å². The van der Waals surface area contributed by atoms with E-state index in [1.54, 1.807) is 4.90 Å². The monoisotopic (exact) mass is 256 g/mol. The van der Waals surface area contributed by atoms with Crippen LogP contribution in [-0.2, 0) is 9.53 Å². The molecule has 2 heterocycles. The molecule has 2 aliphatic heterocycles. The van der Waals surface area contributed by atoms with Gasteiger partial charge in [0.1, 0.15) is 0 Å². The van der Waals surface area contributed by atoms with Crippen LogP contribution in [0.3, 0.4) is 0 Å². The van der Waals surface area contributed by atoms with E-state index >= 15 is 0 Å². The highest BCUT2D eigenvalue weighted by atomic mass is 16.5. The van der Waals surface area contributed by atoms with Crippen molar-refractivity contribution < 1.29 is 14.6 Å². The van der Waals surface area contributed by atoms with Gasteiger partial charge in [-0.05, 0) is 32.9 Å². The predicted octanol–water partition coefficient (Wildman–Crippen LogP) is 0.0805. The number of carbonyl (C=O) groups is 1. The van der Waals surface area contributed by atoms with Gasteiger partial charge >= 0.3 is 0 Å². The van der Waals surface area contributed by atoms with Gasteiger partial charge in [-0.2, -0.15) is 0 Å². The first kappa shape index (κ1) is 13.8. The first-order valence-electron chi connectivity index (χ1n) is 7.00. The van der Waals surface area contributed by atoms with Crippen LogP contribution in [0.1, 0.15) is 26.2 Å². The van der Waals surface area contributed by atoms with E-state index in [1.165, 1.54) is 12.8 Å². The third kappa shape index (κ3) is 3.22. The number of rotatable bonds is 5. The van der Waals surface area contributed by atoms with Crippen LogP contribution in [0.4, 0.5) is 0 Å². The zero-order chi connectivity index (χ0) is 13.0. The third-order valence-corrected chi connectivity index (χ3v) is 3.89. The van der Waals surface area contributed by atoms with Gasteiger partial charge in [0.05, 0.1) is 25.2 Å². The zero-order valence-corrected chi connectivity index (χ0v) is 11.2. The second-order valence-corrected chi connectivity index (χ2v) is 5.12. The Morgan fingerprint density at radius 3 is 2.72 bits per heavy atom. The van der Waals surface area contributed by atoms with E-state index in [9.17, 15) is 9.90 Å². The Labute approximate surface area is 109 Å². The lowest BCUT2D eigenvalue weighted by Gasteiger charge is -2.25. The number of hydrogen-bond acceptors (Lipinski definition) is 4. The minimum Gasteiger partial charge on any atom is -0.390 e. The molecule has 2 saturated heterocycles. The number of ether oxygens (including phenoxy) is 1. The van der Waals surface area contributed by atoms with E-state index in [-0.39, 0.29) is 18.1 Å². The van der Waals surface area contributed by atoms with E-state index in [2.05, 4.69) is 4.90 Å². The minimum atomic E-state index is -0.390. The van der Waals surface area contributed by atoms with Crippen molar-refractivity contribution in [3.63, 3.8) is 0 Å². The molecule has 2 rings (SSSR count). The Morgan fingerprint density at radius 2 is 2.06 bits per heavy atom. The van der Waals surface area contributed by atoms with Crippen molar-refractivity contribution >= 4 is 5.91 Å². The largest absolute Gasteiger partial charge is 0.390 e. The average molecular weight is 256 g/mol. The topological polar surface area (TPSA) is 53.0 Å². The fourth-order valence-electron chi connectivity index (χ4n) is 2.87. The van der Waals surface area contributed by atoms with Crippen LogP contribution in [0.25, 0.3) is 0 Å². The molecule has 2 aliphatic rings. The number of likely N-dealkylation sites (tertiary alicyclic amines) is 2. The molecule has 0 bridgehead atoms. The quantitative estimate of drug-likeness (QED) is 0.708. The Hall–Kier alpha value is -0.650. The van der Waals surface area contributed by atoms with Crippen molar-refractivity contribution in [2.24, 2.45) is 0 Å². The number of aliphatic hydroxyl groups is 1. The standard InChI is InChI=1S/C13H24N2O3/c1-2-18-8-5-13(17)15-9-11(12(16)10-15)14-6-3-4-7-14/h11-12,16H,2-10H2,1H3/t11-,12-/m0/s1. The van der Waals surface area contributed by atoms with Crippen molar-refractivity contribution in [1.29, 1.82) is 0 Å². The molecule has 104 valence electrons. The third-order valence-electron chi connectivity index (χ3n) is 3.89. The SMILES string of the molecule is CCOCCC(=O)N1C[C@H](O)[C@@H](N2CCCC2)C1. The second-order valence-electron chi connectivity index (χ2n) is 5.12. The fourth-order valence-corrected chi connectivity index (χ4v) is 2.87. The summed E-state index contributed by atoms with van der Waals surface area (Å²) in [5, 5.41) is 10.1. The molecule has 2 fully saturated rings. The smallest absolute Gasteiger partial charge is 0.225 e. The lowest BCUT2D eigenvalue weighted by atomic mass is 10.2. The predicted molar refractivity (Wildman–Crippen MR) is 68.3 cm³/mol. The molecule has 0 radical (unpaired) electrons. The van der Waals surface area contributed by atoms with E-state index in [4.69, 9.17) is 4.74 Å². The molecule has 2 atom stereocenters. The summed E-state index contributed by atoms with van der Waals surface area (Å²) in [6.07, 6.45) is 2.45. The summed E-state index contributed by atoms with van der Waals surface area (Å²) in [6.45, 7) is 6.32. The molecule has 5 heteroatoms. The number of hydrogen-bond donors (Lipinski definition) is 1. The molecule has 0 aromatic heterocycles. The Kier molecular flexibility index (Phi) is 4.97. The summed E-state index contributed by atoms with van der Waals surface area (Å²) < 4.78 is 5.20. The van der Waals surface area contributed by atoms with Crippen LogP contribution in [0.2, 0.25) is 0 Å². The molecule has 0 spiro atoms. The molecule has 1 N–H and O–H groups in total. The molecule has 0 aliphatic carbocycles. The second kappa shape index (κ2) is 6.50. The van der Waals surface area contributed by atoms with Gasteiger partial charge in [-0.15, -0.1) is 0 Å². The van der Waals surface area contributed by atoms with Gasteiger partial charge in [0.2, 0.25) is 5.91 Å². The van der Waals surface area contributed by atoms with E-state index in [1.807, 2.05) is 6.92 Å². The first-order chi connectivity index (χ1) is 8.72. The Bertz CT molecular complexity index is 279. The van der Waals surface area contributed by atoms with Crippen LogP contribution in [0.5, 0.6) is 0 Å². The first-order valence-corrected chi connectivity index (χ1v) is 7.00. The van der Waals surface area contributed by atoms with Crippen molar-refractivity contribution in [3.8, 4) is 0 Å². The highest BCUT2D eigenvalue weighted by Gasteiger charge is 2.38. The molecule has 18 heavy (non-hydrogen) atoms. The van der Waals surface area contributed by atoms with Gasteiger partial charge in [0.15, 0.2) is 0 Å². The van der Waals surface area contributed by atoms with Gasteiger partial charge in [-0.25, -0.2) is 0 Å². The van der Waals surface area contributed by atoms with Crippen molar-refractivity contribution in [1.82, 2.24) is 9.80 Å². The molecule has 0 aromatic rings. The lowest BCUT2D eigenvalue weighted by molar-refractivity contribution is -0.131. The average Bonchev–Trinajstić information content (AvgIpc) is 2.97. The number of aliphatic hydroxyl groups excluding tert-OH is 1. The Balaban J connectivity index is 1.79. The summed E-state index contributed by atoms with van der Waals surface area (Å²) in [7, 11) is 0. The van der Waals surface area contributed by atoms with Crippen LogP contribution in [-0.4, -0.2) is 72.4 Å². The normalized spacial score (nSPS) is 29.1. The Morgan fingerprint density at radius 1 is 1.33 bits per heavy atom. The molecule has 0 unspecified atom stereocenters. The van der Waals surface area contributed by atoms with E-state index in [0.717, 1.165) is 13.1 Å². The maximum atomic E-state index is 11.9. The van der Waals surface area contributed by atoms with Crippen molar-refractivity contribution in [2.75, 3.05) is 39.4 Å². The van der Waals surface area contributed by atoms with E-state index in [0.29, 0.717) is 32.7 Å². The van der Waals surface area contributed by atoms with Gasteiger partial charge in [0, 0.05) is 19.7 Å². The molecule has 0 saturated carbocycles. The van der Waals surface area contributed by atoms with Crippen molar-refractivity contribution in [2.45, 2.75) is 38.3 Å². The van der Waals surface area contributed by atoms with Crippen molar-refractivity contribution in [3.05, 3.63) is 0 Å². The molecule has 1 amide bonds. The van der Waals surface area contributed by atoms with Crippen LogP contribution in [0.15, 0.2) is 0 Å². The maximum Gasteiger partial charge on any atom is 0.225 e. The number of carbonyl (C=O) groups excluding carboxylic acids is 1. The van der Waals surface area contributed by atoms with Gasteiger partial charge in [-0.1, -0.05) is 0 Å². The number of nitrogens with zero attached hydrogens (tertiary/aromatic N) is 2. The van der Waals surface area contributed by atoms with Crippen LogP contribution < -0.4 is 0 Å². The number of β-amino-alcohol motifs (C(OH)–C–C–N with tert-alkyl or cyclic N) is 1. The summed E-state index contributed by atoms with van der Waals surface area (Å²) in [4.78, 5) is 16.0. The fraction of sp³-hybridized carbons (Fsp3) is 0.923. The summed E-state index contributed by atoms with van der Waals surface area (Å²) in [5.74, 6) is 0.101. The zero-order valence-electron chi connectivity index (χ0n) is 11.2. The summed E-state index contributed by atoms with van der Waals surface area (Å²) >= 11 is 0. The molecular weight excluding hydrogens is 232 g/mol. The van der Waals surface area contributed by atoms with E-state index < -0.39 is 0 Å². The highest BCUT2D eigenvalue weighted by Crippen LogP contribution is 2.21. The maximum absolute atomic E-state index is 11.9. The number of amides is 1. The van der Waals surface area contributed by atoms with Gasteiger partial charge in [-0.3, -0.25) is 9.69 Å². The molecule has 0 aromatic carbocycles. The molecular formula is C13H24N2O3.